The van der Waals surface area contributed by atoms with E-state index in [4.69, 9.17) is 11.5 Å². The largest absolute Gasteiger partial charge is 0.365 e. The van der Waals surface area contributed by atoms with Gasteiger partial charge >= 0.3 is 6.03 Å². The number of nitrogens with two attached hydrogens (primary N) is 2. The van der Waals surface area contributed by atoms with Crippen LogP contribution in [0.25, 0.3) is 11.3 Å². The van der Waals surface area contributed by atoms with Crippen molar-refractivity contribution in [3.8, 4) is 11.3 Å². The van der Waals surface area contributed by atoms with Crippen molar-refractivity contribution in [1.82, 2.24) is 24.5 Å². The number of rotatable bonds is 2. The molecule has 0 aromatic carbocycles. The predicted octanol–water partition coefficient (Wildman–Crippen LogP) is 0.864. The third-order valence-corrected chi connectivity index (χ3v) is 4.44. The van der Waals surface area contributed by atoms with Gasteiger partial charge in [-0.1, -0.05) is 20.8 Å². The van der Waals surface area contributed by atoms with Crippen LogP contribution in [0.5, 0.6) is 0 Å². The molecular formula is C16H23N7O2. The Morgan fingerprint density at radius 1 is 1.24 bits per heavy atom. The van der Waals surface area contributed by atoms with E-state index in [1.807, 2.05) is 20.8 Å². The van der Waals surface area contributed by atoms with Gasteiger partial charge < -0.3 is 16.4 Å². The van der Waals surface area contributed by atoms with Crippen molar-refractivity contribution in [2.45, 2.75) is 33.4 Å². The van der Waals surface area contributed by atoms with Gasteiger partial charge in [0.1, 0.15) is 5.69 Å². The highest BCUT2D eigenvalue weighted by Gasteiger charge is 2.43. The number of nitrogens with zero attached hydrogens (tertiary/aromatic N) is 5. The van der Waals surface area contributed by atoms with Gasteiger partial charge in [-0.05, 0) is 5.41 Å². The zero-order chi connectivity index (χ0) is 18.5. The Labute approximate surface area is 145 Å². The minimum atomic E-state index is -0.583. The van der Waals surface area contributed by atoms with Crippen molar-refractivity contribution >= 4 is 11.9 Å². The third kappa shape index (κ3) is 2.75. The molecule has 3 rings (SSSR count). The van der Waals surface area contributed by atoms with Crippen LogP contribution < -0.4 is 11.5 Å². The van der Waals surface area contributed by atoms with Gasteiger partial charge in [0, 0.05) is 25.4 Å². The highest BCUT2D eigenvalue weighted by atomic mass is 16.2. The van der Waals surface area contributed by atoms with E-state index in [-0.39, 0.29) is 5.41 Å². The standard InChI is InChI=1S/C16H23N7O2/c1-16(2,3)13-12-10(14(17)24)11(9-7-19-21(4)8-9)20-23(12)6-5-22(13)15(18)25/h7-8,13H,5-6H2,1-4H3,(H2,17,24)(H2,18,25). The first-order valence-corrected chi connectivity index (χ1v) is 8.07. The fourth-order valence-corrected chi connectivity index (χ4v) is 3.51. The average Bonchev–Trinajstić information content (AvgIpc) is 3.07. The molecule has 4 N–H and O–H groups in total. The topological polar surface area (TPSA) is 125 Å². The minimum absolute atomic E-state index is 0.318. The summed E-state index contributed by atoms with van der Waals surface area (Å²) in [5.74, 6) is -0.583. The van der Waals surface area contributed by atoms with Crippen LogP contribution >= 0.6 is 0 Å². The Kier molecular flexibility index (Phi) is 3.81. The van der Waals surface area contributed by atoms with E-state index in [2.05, 4.69) is 10.2 Å². The Morgan fingerprint density at radius 2 is 1.92 bits per heavy atom. The fraction of sp³-hybridized carbons (Fsp3) is 0.500. The molecule has 9 heteroatoms. The Morgan fingerprint density at radius 3 is 2.40 bits per heavy atom. The molecule has 3 amide bonds. The van der Waals surface area contributed by atoms with Gasteiger partial charge in [0.05, 0.1) is 30.0 Å². The van der Waals surface area contributed by atoms with Crippen LogP contribution in [0.1, 0.15) is 42.9 Å². The second-order valence-electron chi connectivity index (χ2n) is 7.40. The molecule has 3 heterocycles. The second-order valence-corrected chi connectivity index (χ2v) is 7.40. The van der Waals surface area contributed by atoms with Crippen molar-refractivity contribution in [2.75, 3.05) is 6.54 Å². The first-order chi connectivity index (χ1) is 11.6. The fourth-order valence-electron chi connectivity index (χ4n) is 3.51. The van der Waals surface area contributed by atoms with Crippen molar-refractivity contribution in [2.24, 2.45) is 23.9 Å². The number of aromatic nitrogens is 4. The highest BCUT2D eigenvalue weighted by Crippen LogP contribution is 2.43. The van der Waals surface area contributed by atoms with Crippen LogP contribution in [-0.4, -0.2) is 42.9 Å². The summed E-state index contributed by atoms with van der Waals surface area (Å²) in [7, 11) is 1.79. The lowest BCUT2D eigenvalue weighted by atomic mass is 9.81. The Balaban J connectivity index is 2.27. The summed E-state index contributed by atoms with van der Waals surface area (Å²) in [6, 6.07) is -0.926. The number of primary amides is 2. The van der Waals surface area contributed by atoms with E-state index in [1.165, 1.54) is 0 Å². The molecule has 0 bridgehead atoms. The van der Waals surface area contributed by atoms with Crippen LogP contribution in [0.15, 0.2) is 12.4 Å². The maximum absolute atomic E-state index is 12.3. The SMILES string of the molecule is Cn1cc(-c2nn3c(c2C(N)=O)C(C(C)(C)C)N(C(N)=O)CC3)cn1. The van der Waals surface area contributed by atoms with Gasteiger partial charge in [-0.2, -0.15) is 10.2 Å². The first kappa shape index (κ1) is 17.0. The summed E-state index contributed by atoms with van der Waals surface area (Å²) in [6.45, 7) is 6.85. The molecule has 9 nitrogen and oxygen atoms in total. The third-order valence-electron chi connectivity index (χ3n) is 4.44. The number of amides is 3. The van der Waals surface area contributed by atoms with E-state index < -0.39 is 18.0 Å². The average molecular weight is 345 g/mol. The Hall–Kier alpha value is -2.84. The molecule has 0 fully saturated rings. The quantitative estimate of drug-likeness (QED) is 0.837. The second kappa shape index (κ2) is 5.61. The molecule has 0 radical (unpaired) electrons. The summed E-state index contributed by atoms with van der Waals surface area (Å²) >= 11 is 0. The molecule has 2 aromatic heterocycles. The van der Waals surface area contributed by atoms with Crippen LogP contribution in [-0.2, 0) is 13.6 Å². The summed E-state index contributed by atoms with van der Waals surface area (Å²) in [4.78, 5) is 25.8. The Bertz CT molecular complexity index is 843. The first-order valence-electron chi connectivity index (χ1n) is 8.07. The summed E-state index contributed by atoms with van der Waals surface area (Å²) in [5, 5.41) is 8.74. The van der Waals surface area contributed by atoms with Crippen LogP contribution in [0, 0.1) is 5.41 Å². The van der Waals surface area contributed by atoms with Gasteiger partial charge in [-0.3, -0.25) is 14.2 Å². The lowest BCUT2D eigenvalue weighted by Gasteiger charge is -2.42. The number of fused-ring (bicyclic) bond motifs is 1. The lowest BCUT2D eigenvalue weighted by Crippen LogP contribution is -2.49. The summed E-state index contributed by atoms with van der Waals surface area (Å²) in [5.41, 5.74) is 13.1. The van der Waals surface area contributed by atoms with Crippen molar-refractivity contribution in [3.63, 3.8) is 0 Å². The van der Waals surface area contributed by atoms with Crippen LogP contribution in [0.3, 0.4) is 0 Å². The summed E-state index contributed by atoms with van der Waals surface area (Å²) in [6.07, 6.45) is 3.41. The molecule has 2 aromatic rings. The number of carbonyl (C=O) groups is 2. The molecule has 1 aliphatic heterocycles. The van der Waals surface area contributed by atoms with E-state index >= 15 is 0 Å². The maximum atomic E-state index is 12.3. The summed E-state index contributed by atoms with van der Waals surface area (Å²) < 4.78 is 3.40. The van der Waals surface area contributed by atoms with Gasteiger partial charge in [0.2, 0.25) is 0 Å². The van der Waals surface area contributed by atoms with Gasteiger partial charge in [-0.25, -0.2) is 4.79 Å². The smallest absolute Gasteiger partial charge is 0.315 e. The molecule has 0 saturated heterocycles. The van der Waals surface area contributed by atoms with Crippen molar-refractivity contribution < 1.29 is 9.59 Å². The molecular weight excluding hydrogens is 322 g/mol. The maximum Gasteiger partial charge on any atom is 0.315 e. The van der Waals surface area contributed by atoms with Gasteiger partial charge in [0.15, 0.2) is 0 Å². The molecule has 25 heavy (non-hydrogen) atoms. The number of hydrogen-bond acceptors (Lipinski definition) is 4. The van der Waals surface area contributed by atoms with E-state index in [0.29, 0.717) is 35.6 Å². The molecule has 0 saturated carbocycles. The normalized spacial score (nSPS) is 17.4. The van der Waals surface area contributed by atoms with E-state index in [1.54, 1.807) is 33.7 Å². The number of carbonyl (C=O) groups excluding carboxylic acids is 2. The number of aryl methyl sites for hydroxylation is 1. The molecule has 134 valence electrons. The predicted molar refractivity (Wildman–Crippen MR) is 91.4 cm³/mol. The zero-order valence-corrected chi connectivity index (χ0v) is 14.9. The van der Waals surface area contributed by atoms with E-state index in [0.717, 1.165) is 0 Å². The van der Waals surface area contributed by atoms with E-state index in [9.17, 15) is 9.59 Å². The molecule has 1 atom stereocenters. The monoisotopic (exact) mass is 345 g/mol. The molecule has 1 aliphatic rings. The number of urea groups is 1. The molecule has 0 spiro atoms. The minimum Gasteiger partial charge on any atom is -0.365 e. The van der Waals surface area contributed by atoms with Gasteiger partial charge in [-0.15, -0.1) is 0 Å². The molecule has 1 unspecified atom stereocenters. The van der Waals surface area contributed by atoms with Crippen LogP contribution in [0.2, 0.25) is 0 Å². The zero-order valence-electron chi connectivity index (χ0n) is 14.9. The highest BCUT2D eigenvalue weighted by molar-refractivity contribution is 6.00. The number of hydrogen-bond donors (Lipinski definition) is 2. The van der Waals surface area contributed by atoms with Crippen LogP contribution in [0.4, 0.5) is 4.79 Å². The lowest BCUT2D eigenvalue weighted by molar-refractivity contribution is 0.0899. The molecule has 0 aliphatic carbocycles. The van der Waals surface area contributed by atoms with Crippen molar-refractivity contribution in [3.05, 3.63) is 23.7 Å². The van der Waals surface area contributed by atoms with Gasteiger partial charge in [0.25, 0.3) is 5.91 Å². The van der Waals surface area contributed by atoms with Crippen molar-refractivity contribution in [1.29, 1.82) is 0 Å².